The van der Waals surface area contributed by atoms with Crippen LogP contribution in [0.15, 0.2) is 48.5 Å². The quantitative estimate of drug-likeness (QED) is 0.493. The number of fused-ring (bicyclic) bond motifs is 1. The third kappa shape index (κ3) is 3.48. The van der Waals surface area contributed by atoms with Crippen LogP contribution < -0.4 is 10.5 Å². The summed E-state index contributed by atoms with van der Waals surface area (Å²) in [5.41, 5.74) is 8.83. The summed E-state index contributed by atoms with van der Waals surface area (Å²) in [6.07, 6.45) is 0.670. The molecule has 0 atom stereocenters. The van der Waals surface area contributed by atoms with Gasteiger partial charge in [-0.15, -0.1) is 11.3 Å². The maximum atomic E-state index is 11.9. The van der Waals surface area contributed by atoms with Gasteiger partial charge in [0.1, 0.15) is 17.2 Å². The van der Waals surface area contributed by atoms with Gasteiger partial charge in [0.05, 0.1) is 5.69 Å². The summed E-state index contributed by atoms with van der Waals surface area (Å²) in [7, 11) is 0. The molecule has 5 nitrogen and oxygen atoms in total. The fraction of sp³-hybridized carbons (Fsp3) is 0.143. The van der Waals surface area contributed by atoms with Crippen LogP contribution in [-0.2, 0) is 6.42 Å². The minimum absolute atomic E-state index is 0.456. The molecule has 0 bridgehead atoms. The first-order valence-electron chi connectivity index (χ1n) is 8.72. The number of aryl methyl sites for hydroxylation is 2. The van der Waals surface area contributed by atoms with Crippen molar-refractivity contribution in [1.82, 2.24) is 9.38 Å². The maximum absolute atomic E-state index is 11.9. The zero-order chi connectivity index (χ0) is 19.8. The van der Waals surface area contributed by atoms with E-state index in [-0.39, 0.29) is 0 Å². The predicted molar refractivity (Wildman–Crippen MR) is 112 cm³/mol. The zero-order valence-electron chi connectivity index (χ0n) is 15.4. The number of hydrogen-bond donors (Lipinski definition) is 1. The smallest absolute Gasteiger partial charge is 0.267 e. The van der Waals surface area contributed by atoms with Gasteiger partial charge >= 0.3 is 0 Å². The van der Waals surface area contributed by atoms with Crippen molar-refractivity contribution in [1.29, 1.82) is 0 Å². The van der Waals surface area contributed by atoms with Crippen LogP contribution >= 0.6 is 22.9 Å². The number of hydrogen-bond acceptors (Lipinski definition) is 4. The Hall–Kier alpha value is -2.83. The van der Waals surface area contributed by atoms with E-state index in [2.05, 4.69) is 4.98 Å². The summed E-state index contributed by atoms with van der Waals surface area (Å²) in [6, 6.07) is 15.1. The van der Waals surface area contributed by atoms with Gasteiger partial charge in [0.25, 0.3) is 5.91 Å². The van der Waals surface area contributed by atoms with Crippen LogP contribution in [0.4, 0.5) is 0 Å². The molecular formula is C21H18ClN3O2S. The Morgan fingerprint density at radius 3 is 2.32 bits per heavy atom. The monoisotopic (exact) mass is 411 g/mol. The molecule has 0 spiro atoms. The summed E-state index contributed by atoms with van der Waals surface area (Å²) < 4.78 is 7.72. The van der Waals surface area contributed by atoms with E-state index >= 15 is 0 Å². The average Bonchev–Trinajstić information content (AvgIpc) is 3.12. The first kappa shape index (κ1) is 18.5. The fourth-order valence-corrected chi connectivity index (χ4v) is 4.33. The summed E-state index contributed by atoms with van der Waals surface area (Å²) in [5, 5.41) is 0.671. The van der Waals surface area contributed by atoms with Crippen LogP contribution in [-0.4, -0.2) is 15.3 Å². The van der Waals surface area contributed by atoms with E-state index in [0.29, 0.717) is 22.8 Å². The number of amides is 1. The lowest BCUT2D eigenvalue weighted by molar-refractivity contribution is 0.0994. The van der Waals surface area contributed by atoms with Crippen LogP contribution in [0, 0.1) is 13.8 Å². The second-order valence-corrected chi connectivity index (χ2v) is 8.13. The highest BCUT2D eigenvalue weighted by molar-refractivity contribution is 7.17. The second kappa shape index (κ2) is 7.30. The number of primary amides is 1. The summed E-state index contributed by atoms with van der Waals surface area (Å²) >= 11 is 7.46. The van der Waals surface area contributed by atoms with Crippen molar-refractivity contribution in [3.63, 3.8) is 0 Å². The average molecular weight is 412 g/mol. The first-order chi connectivity index (χ1) is 13.4. The van der Waals surface area contributed by atoms with Gasteiger partial charge in [0.15, 0.2) is 4.96 Å². The molecule has 2 aromatic heterocycles. The van der Waals surface area contributed by atoms with Crippen LogP contribution in [0.5, 0.6) is 11.5 Å². The van der Waals surface area contributed by atoms with E-state index in [1.54, 1.807) is 23.5 Å². The molecule has 28 heavy (non-hydrogen) atoms. The molecule has 0 aliphatic carbocycles. The van der Waals surface area contributed by atoms with Crippen molar-refractivity contribution in [3.05, 3.63) is 81.1 Å². The molecule has 0 radical (unpaired) electrons. The Kier molecular flexibility index (Phi) is 4.83. The SMILES string of the molecule is Cc1nc2sc(C)c(Cc3ccc(Oc4ccc(Cl)cc4)cc3)n2c1C(N)=O. The highest BCUT2D eigenvalue weighted by Gasteiger charge is 2.20. The van der Waals surface area contributed by atoms with E-state index in [9.17, 15) is 4.79 Å². The Bertz CT molecular complexity index is 1160. The van der Waals surface area contributed by atoms with Crippen molar-refractivity contribution in [3.8, 4) is 11.5 Å². The van der Waals surface area contributed by atoms with Gasteiger partial charge in [0, 0.05) is 22.0 Å². The van der Waals surface area contributed by atoms with Gasteiger partial charge in [-0.3, -0.25) is 9.20 Å². The number of halogens is 1. The molecule has 0 aliphatic rings. The molecule has 2 aromatic carbocycles. The van der Waals surface area contributed by atoms with Crippen LogP contribution in [0.3, 0.4) is 0 Å². The molecule has 0 fully saturated rings. The second-order valence-electron chi connectivity index (χ2n) is 6.51. The first-order valence-corrected chi connectivity index (χ1v) is 9.91. The Morgan fingerprint density at radius 2 is 1.71 bits per heavy atom. The Morgan fingerprint density at radius 1 is 1.11 bits per heavy atom. The minimum Gasteiger partial charge on any atom is -0.457 e. The number of carbonyl (C=O) groups is 1. The van der Waals surface area contributed by atoms with Crippen LogP contribution in [0.1, 0.15) is 32.3 Å². The molecule has 2 heterocycles. The zero-order valence-corrected chi connectivity index (χ0v) is 17.0. The molecule has 0 unspecified atom stereocenters. The van der Waals surface area contributed by atoms with Crippen molar-refractivity contribution < 1.29 is 9.53 Å². The molecule has 0 aliphatic heterocycles. The largest absolute Gasteiger partial charge is 0.457 e. The molecule has 2 N–H and O–H groups in total. The number of nitrogens with two attached hydrogens (primary N) is 1. The minimum atomic E-state index is -0.462. The molecule has 142 valence electrons. The molecule has 0 saturated carbocycles. The highest BCUT2D eigenvalue weighted by Crippen LogP contribution is 2.29. The Labute approximate surface area is 171 Å². The number of thiazole rings is 1. The third-order valence-corrected chi connectivity index (χ3v) is 5.77. The van der Waals surface area contributed by atoms with Gasteiger partial charge in [-0.25, -0.2) is 4.98 Å². The number of ether oxygens (including phenoxy) is 1. The molecule has 1 amide bonds. The molecule has 0 saturated heterocycles. The molecule has 4 aromatic rings. The van der Waals surface area contributed by atoms with E-state index < -0.39 is 5.91 Å². The van der Waals surface area contributed by atoms with Gasteiger partial charge < -0.3 is 10.5 Å². The number of rotatable bonds is 5. The van der Waals surface area contributed by atoms with E-state index in [1.165, 1.54) is 0 Å². The molecular weight excluding hydrogens is 394 g/mol. The van der Waals surface area contributed by atoms with Crippen molar-refractivity contribution in [2.45, 2.75) is 20.3 Å². The summed E-state index contributed by atoms with van der Waals surface area (Å²) in [5.74, 6) is 1.01. The lowest BCUT2D eigenvalue weighted by Gasteiger charge is -2.08. The number of carbonyl (C=O) groups excluding carboxylic acids is 1. The van der Waals surface area contributed by atoms with Crippen LogP contribution in [0.25, 0.3) is 4.96 Å². The number of benzene rings is 2. The third-order valence-electron chi connectivity index (χ3n) is 4.52. The van der Waals surface area contributed by atoms with E-state index in [0.717, 1.165) is 32.6 Å². The van der Waals surface area contributed by atoms with Crippen molar-refractivity contribution in [2.24, 2.45) is 5.73 Å². The summed E-state index contributed by atoms with van der Waals surface area (Å²) in [4.78, 5) is 18.3. The highest BCUT2D eigenvalue weighted by atomic mass is 35.5. The normalized spacial score (nSPS) is 11.1. The van der Waals surface area contributed by atoms with Crippen LogP contribution in [0.2, 0.25) is 5.02 Å². The number of aromatic nitrogens is 2. The van der Waals surface area contributed by atoms with Gasteiger partial charge in [-0.2, -0.15) is 0 Å². The van der Waals surface area contributed by atoms with Gasteiger partial charge in [-0.05, 0) is 55.8 Å². The topological polar surface area (TPSA) is 69.6 Å². The fourth-order valence-electron chi connectivity index (χ4n) is 3.18. The molecule has 7 heteroatoms. The van der Waals surface area contributed by atoms with Gasteiger partial charge in [0.2, 0.25) is 0 Å². The lowest BCUT2D eigenvalue weighted by atomic mass is 10.1. The van der Waals surface area contributed by atoms with E-state index in [4.69, 9.17) is 22.1 Å². The standard InChI is InChI=1S/C21H18ClN3O2S/c1-12-19(20(23)26)25-18(13(2)28-21(25)24-12)11-14-3-7-16(8-4-14)27-17-9-5-15(22)6-10-17/h3-10H,11H2,1-2H3,(H2,23,26). The van der Waals surface area contributed by atoms with Gasteiger partial charge in [-0.1, -0.05) is 23.7 Å². The van der Waals surface area contributed by atoms with Crippen molar-refractivity contribution >= 4 is 33.8 Å². The number of nitrogens with zero attached hydrogens (tertiary/aromatic N) is 2. The lowest BCUT2D eigenvalue weighted by Crippen LogP contribution is -2.16. The summed E-state index contributed by atoms with van der Waals surface area (Å²) in [6.45, 7) is 3.84. The van der Waals surface area contributed by atoms with Crippen molar-refractivity contribution in [2.75, 3.05) is 0 Å². The Balaban J connectivity index is 1.60. The predicted octanol–water partition coefficient (Wildman–Crippen LogP) is 5.15. The maximum Gasteiger partial charge on any atom is 0.267 e. The van der Waals surface area contributed by atoms with E-state index in [1.807, 2.05) is 54.6 Å². The molecule has 4 rings (SSSR count). The number of imidazole rings is 1.